The third-order valence-corrected chi connectivity index (χ3v) is 5.05. The number of nitrogens with one attached hydrogen (secondary N) is 1. The number of rotatable bonds is 5. The summed E-state index contributed by atoms with van der Waals surface area (Å²) in [6.45, 7) is 5.56. The molecule has 0 fully saturated rings. The van der Waals surface area contributed by atoms with Crippen LogP contribution in [0.25, 0.3) is 11.4 Å². The smallest absolute Gasteiger partial charge is 0.237 e. The van der Waals surface area contributed by atoms with Crippen molar-refractivity contribution in [2.45, 2.75) is 31.2 Å². The third kappa shape index (κ3) is 3.40. The molecule has 136 valence electrons. The molecule has 3 aromatic heterocycles. The summed E-state index contributed by atoms with van der Waals surface area (Å²) in [6.07, 6.45) is 3.33. The molecule has 0 saturated carbocycles. The first kappa shape index (κ1) is 17.9. The zero-order valence-electron chi connectivity index (χ0n) is 15.0. The van der Waals surface area contributed by atoms with E-state index >= 15 is 0 Å². The highest BCUT2D eigenvalue weighted by molar-refractivity contribution is 8.00. The maximum Gasteiger partial charge on any atom is 0.237 e. The first-order valence-corrected chi connectivity index (χ1v) is 8.85. The maximum absolute atomic E-state index is 12.5. The SMILES string of the molecule is Cc1nn(C)c(C)c1NC(=O)[C@H](C)Sc1nnc(-c2cccnc2)n1N. The van der Waals surface area contributed by atoms with E-state index in [-0.39, 0.29) is 5.91 Å². The number of hydrogen-bond donors (Lipinski definition) is 2. The van der Waals surface area contributed by atoms with Crippen LogP contribution in [0.15, 0.2) is 29.7 Å². The summed E-state index contributed by atoms with van der Waals surface area (Å²) in [5, 5.41) is 15.4. The highest BCUT2D eigenvalue weighted by Gasteiger charge is 2.22. The topological polar surface area (TPSA) is 117 Å². The molecule has 3 N–H and O–H groups in total. The molecule has 1 amide bonds. The van der Waals surface area contributed by atoms with Crippen molar-refractivity contribution >= 4 is 23.4 Å². The van der Waals surface area contributed by atoms with Gasteiger partial charge in [0.25, 0.3) is 0 Å². The molecule has 9 nitrogen and oxygen atoms in total. The molecule has 0 aliphatic heterocycles. The van der Waals surface area contributed by atoms with Crippen molar-refractivity contribution in [1.82, 2.24) is 29.6 Å². The molecule has 1 atom stereocenters. The molecular weight excluding hydrogens is 352 g/mol. The lowest BCUT2D eigenvalue weighted by Crippen LogP contribution is -2.24. The van der Waals surface area contributed by atoms with Gasteiger partial charge in [0.15, 0.2) is 5.82 Å². The molecule has 0 aromatic carbocycles. The largest absolute Gasteiger partial charge is 0.335 e. The third-order valence-electron chi connectivity index (χ3n) is 3.99. The Kier molecular flexibility index (Phi) is 4.94. The minimum Gasteiger partial charge on any atom is -0.335 e. The highest BCUT2D eigenvalue weighted by atomic mass is 32.2. The molecule has 0 radical (unpaired) electrons. The van der Waals surface area contributed by atoms with Crippen LogP contribution >= 0.6 is 11.8 Å². The second kappa shape index (κ2) is 7.16. The number of nitrogen functional groups attached to an aromatic ring is 1. The van der Waals surface area contributed by atoms with Gasteiger partial charge in [0.05, 0.1) is 22.3 Å². The van der Waals surface area contributed by atoms with E-state index in [1.807, 2.05) is 27.0 Å². The minimum atomic E-state index is -0.415. The first-order valence-electron chi connectivity index (χ1n) is 7.97. The highest BCUT2D eigenvalue weighted by Crippen LogP contribution is 2.26. The van der Waals surface area contributed by atoms with E-state index in [9.17, 15) is 4.79 Å². The Balaban J connectivity index is 1.73. The van der Waals surface area contributed by atoms with Crippen LogP contribution in [0, 0.1) is 13.8 Å². The fourth-order valence-corrected chi connectivity index (χ4v) is 3.21. The summed E-state index contributed by atoms with van der Waals surface area (Å²) in [4.78, 5) is 16.6. The van der Waals surface area contributed by atoms with Crippen LogP contribution in [0.1, 0.15) is 18.3 Å². The Morgan fingerprint density at radius 3 is 2.73 bits per heavy atom. The number of carbonyl (C=O) groups is 1. The van der Waals surface area contributed by atoms with Gasteiger partial charge >= 0.3 is 0 Å². The van der Waals surface area contributed by atoms with Gasteiger partial charge in [0.2, 0.25) is 11.1 Å². The molecule has 3 heterocycles. The average molecular weight is 372 g/mol. The quantitative estimate of drug-likeness (QED) is 0.515. The number of nitrogens with zero attached hydrogens (tertiary/aromatic N) is 6. The standard InChI is InChI=1S/C16H20N8OS/c1-9-13(10(2)23(4)22-9)19-15(25)11(3)26-16-21-20-14(24(16)17)12-6-5-7-18-8-12/h5-8,11H,17H2,1-4H3,(H,19,25)/t11-/m0/s1. The summed E-state index contributed by atoms with van der Waals surface area (Å²) in [5.74, 6) is 6.43. The van der Waals surface area contributed by atoms with Crippen molar-refractivity contribution in [2.75, 3.05) is 11.2 Å². The number of carbonyl (C=O) groups excluding carboxylic acids is 1. The van der Waals surface area contributed by atoms with Gasteiger partial charge in [-0.25, -0.2) is 4.68 Å². The Morgan fingerprint density at radius 1 is 1.35 bits per heavy atom. The predicted molar refractivity (Wildman–Crippen MR) is 100 cm³/mol. The Hall–Kier alpha value is -2.88. The van der Waals surface area contributed by atoms with Gasteiger partial charge in [-0.2, -0.15) is 5.10 Å². The number of nitrogens with two attached hydrogens (primary N) is 1. The van der Waals surface area contributed by atoms with Crippen molar-refractivity contribution in [1.29, 1.82) is 0 Å². The molecule has 0 aliphatic carbocycles. The molecule has 0 saturated heterocycles. The fourth-order valence-electron chi connectivity index (χ4n) is 2.44. The number of pyridine rings is 1. The molecule has 0 unspecified atom stereocenters. The van der Waals surface area contributed by atoms with Crippen molar-refractivity contribution < 1.29 is 4.79 Å². The van der Waals surface area contributed by atoms with Gasteiger partial charge in [-0.05, 0) is 32.9 Å². The lowest BCUT2D eigenvalue weighted by atomic mass is 10.3. The first-order chi connectivity index (χ1) is 12.4. The van der Waals surface area contributed by atoms with Gasteiger partial charge in [-0.1, -0.05) is 11.8 Å². The number of anilines is 1. The van der Waals surface area contributed by atoms with Crippen molar-refractivity contribution in [3.05, 3.63) is 35.9 Å². The minimum absolute atomic E-state index is 0.153. The Bertz CT molecular complexity index is 933. The van der Waals surface area contributed by atoms with Gasteiger partial charge in [-0.15, -0.1) is 10.2 Å². The van der Waals surface area contributed by atoms with Crippen LogP contribution in [-0.4, -0.2) is 40.8 Å². The lowest BCUT2D eigenvalue weighted by Gasteiger charge is -2.12. The van der Waals surface area contributed by atoms with Crippen molar-refractivity contribution in [3.63, 3.8) is 0 Å². The van der Waals surface area contributed by atoms with E-state index in [2.05, 4.69) is 25.6 Å². The van der Waals surface area contributed by atoms with Crippen LogP contribution in [0.2, 0.25) is 0 Å². The molecular formula is C16H20N8OS. The van der Waals surface area contributed by atoms with E-state index in [4.69, 9.17) is 5.84 Å². The van der Waals surface area contributed by atoms with Crippen LogP contribution in [-0.2, 0) is 11.8 Å². The Morgan fingerprint density at radius 2 is 2.12 bits per heavy atom. The van der Waals surface area contributed by atoms with E-state index in [0.717, 1.165) is 22.6 Å². The molecule has 0 aliphatic rings. The summed E-state index contributed by atoms with van der Waals surface area (Å²) in [7, 11) is 1.84. The summed E-state index contributed by atoms with van der Waals surface area (Å²) < 4.78 is 3.10. The van der Waals surface area contributed by atoms with Crippen LogP contribution < -0.4 is 11.2 Å². The predicted octanol–water partition coefficient (Wildman–Crippen LogP) is 1.52. The molecule has 3 aromatic rings. The maximum atomic E-state index is 12.5. The van der Waals surface area contributed by atoms with Crippen LogP contribution in [0.4, 0.5) is 5.69 Å². The van der Waals surface area contributed by atoms with E-state index in [0.29, 0.717) is 11.0 Å². The van der Waals surface area contributed by atoms with Gasteiger partial charge in [-0.3, -0.25) is 14.5 Å². The number of hydrogen-bond acceptors (Lipinski definition) is 7. The number of amides is 1. The van der Waals surface area contributed by atoms with Crippen molar-refractivity contribution in [2.24, 2.45) is 7.05 Å². The lowest BCUT2D eigenvalue weighted by molar-refractivity contribution is -0.115. The average Bonchev–Trinajstić information content (AvgIpc) is 3.10. The van der Waals surface area contributed by atoms with Gasteiger partial charge < -0.3 is 11.2 Å². The molecule has 26 heavy (non-hydrogen) atoms. The van der Waals surface area contributed by atoms with Crippen LogP contribution in [0.3, 0.4) is 0 Å². The summed E-state index contributed by atoms with van der Waals surface area (Å²) in [6, 6.07) is 3.64. The number of thioether (sulfide) groups is 1. The summed E-state index contributed by atoms with van der Waals surface area (Å²) in [5.41, 5.74) is 3.16. The molecule has 0 spiro atoms. The molecule has 0 bridgehead atoms. The van der Waals surface area contributed by atoms with E-state index < -0.39 is 5.25 Å². The van der Waals surface area contributed by atoms with Gasteiger partial charge in [0, 0.05) is 25.0 Å². The molecule has 3 rings (SSSR count). The van der Waals surface area contributed by atoms with Crippen molar-refractivity contribution in [3.8, 4) is 11.4 Å². The van der Waals surface area contributed by atoms with E-state index in [1.54, 1.807) is 30.1 Å². The molecule has 10 heteroatoms. The zero-order valence-corrected chi connectivity index (χ0v) is 15.8. The van der Waals surface area contributed by atoms with Crippen LogP contribution in [0.5, 0.6) is 0 Å². The second-order valence-electron chi connectivity index (χ2n) is 5.84. The Labute approximate surface area is 155 Å². The zero-order chi connectivity index (χ0) is 18.8. The van der Waals surface area contributed by atoms with Gasteiger partial charge in [0.1, 0.15) is 0 Å². The second-order valence-corrected chi connectivity index (χ2v) is 7.14. The number of aromatic nitrogens is 6. The summed E-state index contributed by atoms with van der Waals surface area (Å²) >= 11 is 1.24. The monoisotopic (exact) mass is 372 g/mol. The van der Waals surface area contributed by atoms with E-state index in [1.165, 1.54) is 16.4 Å². The normalized spacial score (nSPS) is 12.2. The fraction of sp³-hybridized carbons (Fsp3) is 0.312. The number of aryl methyl sites for hydroxylation is 2.